The number of nitrogens with zero attached hydrogens (tertiary/aromatic N) is 3. The molecule has 8 nitrogen and oxygen atoms in total. The topological polar surface area (TPSA) is 114 Å². The quantitative estimate of drug-likeness (QED) is 0.510. The molecule has 2 heterocycles. The zero-order valence-electron chi connectivity index (χ0n) is 18.6. The smallest absolute Gasteiger partial charge is 0.330 e. The standard InChI is InChI=1S/C23H29N5O3S/c1-4-5-12-28-19(24)18(20(29)26-23(28)31)27(13-11-15(2)3)22(30)17-14-32-21(25-17)16-9-7-6-8-10-16/h6-10,14-15H,4-5,11-13,24H2,1-3H3,(H,26,29,31). The molecule has 0 spiro atoms. The summed E-state index contributed by atoms with van der Waals surface area (Å²) in [5, 5.41) is 2.40. The average molecular weight is 456 g/mol. The van der Waals surface area contributed by atoms with Crippen LogP contribution in [0.2, 0.25) is 0 Å². The van der Waals surface area contributed by atoms with Gasteiger partial charge in [0.2, 0.25) is 0 Å². The van der Waals surface area contributed by atoms with Gasteiger partial charge in [0.1, 0.15) is 16.5 Å². The van der Waals surface area contributed by atoms with Gasteiger partial charge in [-0.3, -0.25) is 24.0 Å². The molecule has 0 atom stereocenters. The highest BCUT2D eigenvalue weighted by atomic mass is 32.1. The number of hydrogen-bond donors (Lipinski definition) is 2. The highest BCUT2D eigenvalue weighted by Crippen LogP contribution is 2.26. The van der Waals surface area contributed by atoms with E-state index in [-0.39, 0.29) is 23.7 Å². The van der Waals surface area contributed by atoms with Crippen molar-refractivity contribution in [2.45, 2.75) is 46.6 Å². The van der Waals surface area contributed by atoms with Crippen LogP contribution in [0, 0.1) is 5.92 Å². The minimum absolute atomic E-state index is 0.000569. The van der Waals surface area contributed by atoms with Gasteiger partial charge in [-0.25, -0.2) is 9.78 Å². The first kappa shape index (κ1) is 23.5. The first-order valence-electron chi connectivity index (χ1n) is 10.8. The van der Waals surface area contributed by atoms with E-state index < -0.39 is 17.2 Å². The van der Waals surface area contributed by atoms with Gasteiger partial charge in [-0.15, -0.1) is 11.3 Å². The number of nitrogens with two attached hydrogens (primary N) is 1. The molecule has 0 fully saturated rings. The number of carbonyl (C=O) groups excluding carboxylic acids is 1. The van der Waals surface area contributed by atoms with Crippen molar-refractivity contribution in [3.63, 3.8) is 0 Å². The van der Waals surface area contributed by atoms with Crippen LogP contribution < -0.4 is 21.9 Å². The third-order valence-corrected chi connectivity index (χ3v) is 6.03. The molecular weight excluding hydrogens is 426 g/mol. The van der Waals surface area contributed by atoms with Crippen LogP contribution in [0.25, 0.3) is 10.6 Å². The lowest BCUT2D eigenvalue weighted by Crippen LogP contribution is -2.42. The molecule has 0 saturated heterocycles. The normalized spacial score (nSPS) is 11.1. The van der Waals surface area contributed by atoms with Crippen LogP contribution in [0.3, 0.4) is 0 Å². The van der Waals surface area contributed by atoms with Crippen molar-refractivity contribution in [1.82, 2.24) is 14.5 Å². The molecule has 1 amide bonds. The van der Waals surface area contributed by atoms with Crippen molar-refractivity contribution in [3.05, 3.63) is 62.2 Å². The Bertz CT molecular complexity index is 1180. The molecule has 1 aromatic carbocycles. The van der Waals surface area contributed by atoms with E-state index >= 15 is 0 Å². The van der Waals surface area contributed by atoms with E-state index in [1.165, 1.54) is 20.8 Å². The first-order chi connectivity index (χ1) is 15.3. The van der Waals surface area contributed by atoms with Crippen LogP contribution in [-0.4, -0.2) is 27.0 Å². The average Bonchev–Trinajstić information content (AvgIpc) is 3.26. The van der Waals surface area contributed by atoms with Crippen molar-refractivity contribution in [1.29, 1.82) is 0 Å². The second-order valence-corrected chi connectivity index (χ2v) is 8.90. The molecule has 0 bridgehead atoms. The molecule has 0 aliphatic rings. The highest BCUT2D eigenvalue weighted by molar-refractivity contribution is 7.13. The summed E-state index contributed by atoms with van der Waals surface area (Å²) in [6.45, 7) is 6.72. The number of hydrogen-bond acceptors (Lipinski definition) is 6. The van der Waals surface area contributed by atoms with Gasteiger partial charge in [0.15, 0.2) is 5.69 Å². The molecule has 0 unspecified atom stereocenters. The maximum absolute atomic E-state index is 13.5. The monoisotopic (exact) mass is 455 g/mol. The lowest BCUT2D eigenvalue weighted by molar-refractivity contribution is 0.0981. The number of amides is 1. The van der Waals surface area contributed by atoms with E-state index in [1.807, 2.05) is 51.1 Å². The lowest BCUT2D eigenvalue weighted by atomic mass is 10.1. The van der Waals surface area contributed by atoms with Crippen LogP contribution in [0.4, 0.5) is 11.5 Å². The largest absolute Gasteiger partial charge is 0.383 e. The number of unbranched alkanes of at least 4 members (excludes halogenated alkanes) is 1. The number of benzene rings is 1. The van der Waals surface area contributed by atoms with Gasteiger partial charge in [0.05, 0.1) is 0 Å². The number of nitrogens with one attached hydrogen (secondary N) is 1. The SMILES string of the molecule is CCCCn1c(N)c(N(CCC(C)C)C(=O)c2csc(-c3ccccc3)n2)c(=O)[nH]c1=O. The minimum Gasteiger partial charge on any atom is -0.383 e. The molecule has 0 radical (unpaired) electrons. The number of rotatable bonds is 9. The molecule has 0 aliphatic heterocycles. The summed E-state index contributed by atoms with van der Waals surface area (Å²) in [6.07, 6.45) is 2.24. The Kier molecular flexibility index (Phi) is 7.63. The Morgan fingerprint density at radius 3 is 2.62 bits per heavy atom. The molecular formula is C23H29N5O3S. The van der Waals surface area contributed by atoms with Crippen LogP contribution in [0.15, 0.2) is 45.3 Å². The fraction of sp³-hybridized carbons (Fsp3) is 0.391. The van der Waals surface area contributed by atoms with Gasteiger partial charge in [0.25, 0.3) is 11.5 Å². The van der Waals surface area contributed by atoms with E-state index in [4.69, 9.17) is 5.73 Å². The first-order valence-corrected chi connectivity index (χ1v) is 11.7. The van der Waals surface area contributed by atoms with Gasteiger partial charge in [-0.05, 0) is 18.8 Å². The van der Waals surface area contributed by atoms with E-state index in [2.05, 4.69) is 9.97 Å². The number of thiazole rings is 1. The van der Waals surface area contributed by atoms with Crippen LogP contribution in [0.1, 0.15) is 50.5 Å². The molecule has 32 heavy (non-hydrogen) atoms. The maximum atomic E-state index is 13.5. The second-order valence-electron chi connectivity index (χ2n) is 8.04. The van der Waals surface area contributed by atoms with E-state index in [1.54, 1.807) is 5.38 Å². The Labute approximate surface area is 190 Å². The van der Waals surface area contributed by atoms with Gasteiger partial charge >= 0.3 is 5.69 Å². The Hall–Kier alpha value is -3.20. The van der Waals surface area contributed by atoms with Gasteiger partial charge in [-0.2, -0.15) is 0 Å². The molecule has 3 aromatic rings. The summed E-state index contributed by atoms with van der Waals surface area (Å²) in [5.41, 5.74) is 6.19. The zero-order valence-corrected chi connectivity index (χ0v) is 19.4. The maximum Gasteiger partial charge on any atom is 0.330 e. The van der Waals surface area contributed by atoms with E-state index in [0.717, 1.165) is 18.4 Å². The zero-order chi connectivity index (χ0) is 23.3. The molecule has 3 rings (SSSR count). The lowest BCUT2D eigenvalue weighted by Gasteiger charge is -2.24. The van der Waals surface area contributed by atoms with Crippen LogP contribution >= 0.6 is 11.3 Å². The van der Waals surface area contributed by atoms with Crippen molar-refractivity contribution < 1.29 is 4.79 Å². The highest BCUT2D eigenvalue weighted by Gasteiger charge is 2.27. The summed E-state index contributed by atoms with van der Waals surface area (Å²) in [7, 11) is 0. The van der Waals surface area contributed by atoms with Gasteiger partial charge in [0, 0.05) is 24.0 Å². The summed E-state index contributed by atoms with van der Waals surface area (Å²) >= 11 is 1.36. The van der Waals surface area contributed by atoms with Gasteiger partial charge < -0.3 is 5.73 Å². The molecule has 2 aromatic heterocycles. The number of anilines is 2. The Balaban J connectivity index is 2.04. The van der Waals surface area contributed by atoms with Crippen molar-refractivity contribution >= 4 is 28.7 Å². The van der Waals surface area contributed by atoms with Crippen LogP contribution in [-0.2, 0) is 6.54 Å². The molecule has 0 aliphatic carbocycles. The summed E-state index contributed by atoms with van der Waals surface area (Å²) in [6, 6.07) is 9.59. The van der Waals surface area contributed by atoms with Crippen molar-refractivity contribution in [2.24, 2.45) is 5.92 Å². The third kappa shape index (κ3) is 5.16. The fourth-order valence-corrected chi connectivity index (χ4v) is 4.10. The molecule has 9 heteroatoms. The second kappa shape index (κ2) is 10.4. The number of nitrogen functional groups attached to an aromatic ring is 1. The van der Waals surface area contributed by atoms with Crippen molar-refractivity contribution in [3.8, 4) is 10.6 Å². The molecule has 3 N–H and O–H groups in total. The molecule has 170 valence electrons. The predicted octanol–water partition coefficient (Wildman–Crippen LogP) is 3.74. The minimum atomic E-state index is -0.670. The summed E-state index contributed by atoms with van der Waals surface area (Å²) < 4.78 is 1.33. The predicted molar refractivity (Wildman–Crippen MR) is 129 cm³/mol. The van der Waals surface area contributed by atoms with Crippen molar-refractivity contribution in [2.75, 3.05) is 17.2 Å². The Morgan fingerprint density at radius 2 is 1.97 bits per heavy atom. The molecule has 0 saturated carbocycles. The third-order valence-electron chi connectivity index (χ3n) is 5.14. The Morgan fingerprint density at radius 1 is 1.25 bits per heavy atom. The van der Waals surface area contributed by atoms with E-state index in [0.29, 0.717) is 23.9 Å². The summed E-state index contributed by atoms with van der Waals surface area (Å²) in [5.74, 6) is -0.114. The summed E-state index contributed by atoms with van der Waals surface area (Å²) in [4.78, 5) is 46.8. The number of aromatic amines is 1. The van der Waals surface area contributed by atoms with Crippen LogP contribution in [0.5, 0.6) is 0 Å². The number of carbonyl (C=O) groups is 1. The number of H-pyrrole nitrogens is 1. The fourth-order valence-electron chi connectivity index (χ4n) is 3.30. The van der Waals surface area contributed by atoms with E-state index in [9.17, 15) is 14.4 Å². The van der Waals surface area contributed by atoms with Gasteiger partial charge in [-0.1, -0.05) is 57.5 Å². The number of aromatic nitrogens is 3.